The highest BCUT2D eigenvalue weighted by atomic mass is 16.6. The Morgan fingerprint density at radius 2 is 1.59 bits per heavy atom. The van der Waals surface area contributed by atoms with Crippen molar-refractivity contribution in [3.8, 4) is 0 Å². The number of aliphatic hydroxyl groups excluding tert-OH is 1. The van der Waals surface area contributed by atoms with E-state index in [1.165, 1.54) is 0 Å². The number of hydrogen-bond donors (Lipinski definition) is 1. The maximum Gasteiger partial charge on any atom is 0.306 e. The number of unbranched alkanes of at least 4 members (excludes halogenated alkanes) is 3. The Morgan fingerprint density at radius 1 is 0.955 bits per heavy atom. The fourth-order valence-corrected chi connectivity index (χ4v) is 2.01. The molecule has 0 unspecified atom stereocenters. The van der Waals surface area contributed by atoms with Gasteiger partial charge in [0.25, 0.3) is 0 Å². The van der Waals surface area contributed by atoms with E-state index in [0.29, 0.717) is 32.3 Å². The third-order valence-corrected chi connectivity index (χ3v) is 3.35. The zero-order valence-corrected chi connectivity index (χ0v) is 14.4. The van der Waals surface area contributed by atoms with E-state index in [0.717, 1.165) is 32.1 Å². The third-order valence-electron chi connectivity index (χ3n) is 3.35. The van der Waals surface area contributed by atoms with Crippen LogP contribution in [0.3, 0.4) is 0 Å². The minimum absolute atomic E-state index is 0.165. The summed E-state index contributed by atoms with van der Waals surface area (Å²) in [4.78, 5) is 23.1. The summed E-state index contributed by atoms with van der Waals surface area (Å²) in [6, 6.07) is 0. The maximum absolute atomic E-state index is 11.8. The molecule has 0 spiro atoms. The summed E-state index contributed by atoms with van der Waals surface area (Å²) in [5.41, 5.74) is -0.495. The van der Waals surface area contributed by atoms with Crippen molar-refractivity contribution in [1.29, 1.82) is 0 Å². The molecule has 5 heteroatoms. The Bertz CT molecular complexity index is 312. The minimum atomic E-state index is -0.495. The van der Waals surface area contributed by atoms with Gasteiger partial charge in [0.15, 0.2) is 0 Å². The Labute approximate surface area is 134 Å². The van der Waals surface area contributed by atoms with Gasteiger partial charge in [0, 0.05) is 19.4 Å². The summed E-state index contributed by atoms with van der Waals surface area (Å²) in [5, 5.41) is 8.76. The summed E-state index contributed by atoms with van der Waals surface area (Å²) in [7, 11) is 0. The molecule has 0 radical (unpaired) electrons. The predicted octanol–water partition coefficient (Wildman–Crippen LogP) is 3.37. The van der Waals surface area contributed by atoms with Crippen molar-refractivity contribution in [2.45, 2.75) is 84.2 Å². The summed E-state index contributed by atoms with van der Waals surface area (Å²) in [6.45, 7) is 6.46. The van der Waals surface area contributed by atoms with Gasteiger partial charge in [-0.3, -0.25) is 9.59 Å². The molecule has 0 aliphatic heterocycles. The van der Waals surface area contributed by atoms with Crippen molar-refractivity contribution in [1.82, 2.24) is 0 Å². The van der Waals surface area contributed by atoms with Crippen molar-refractivity contribution in [2.75, 3.05) is 13.2 Å². The first-order valence-corrected chi connectivity index (χ1v) is 8.39. The first-order valence-electron chi connectivity index (χ1n) is 8.39. The molecule has 5 nitrogen and oxygen atoms in total. The van der Waals surface area contributed by atoms with E-state index in [9.17, 15) is 9.59 Å². The molecule has 0 rings (SSSR count). The Kier molecular flexibility index (Phi) is 11.8. The maximum atomic E-state index is 11.8. The van der Waals surface area contributed by atoms with Gasteiger partial charge < -0.3 is 14.6 Å². The van der Waals surface area contributed by atoms with E-state index in [4.69, 9.17) is 14.6 Å². The molecule has 0 atom stereocenters. The van der Waals surface area contributed by atoms with Gasteiger partial charge in [-0.25, -0.2) is 0 Å². The second kappa shape index (κ2) is 12.4. The molecule has 0 heterocycles. The van der Waals surface area contributed by atoms with E-state index < -0.39 is 5.60 Å². The lowest BCUT2D eigenvalue weighted by molar-refractivity contribution is -0.157. The molecule has 0 saturated heterocycles. The van der Waals surface area contributed by atoms with Crippen LogP contribution in [0.15, 0.2) is 0 Å². The molecular weight excluding hydrogens is 284 g/mol. The smallest absolute Gasteiger partial charge is 0.306 e. The first kappa shape index (κ1) is 20.9. The molecule has 0 aliphatic rings. The lowest BCUT2D eigenvalue weighted by Gasteiger charge is -2.25. The highest BCUT2D eigenvalue weighted by Gasteiger charge is 2.22. The van der Waals surface area contributed by atoms with Gasteiger partial charge in [0.2, 0.25) is 0 Å². The summed E-state index contributed by atoms with van der Waals surface area (Å²) < 4.78 is 10.5. The van der Waals surface area contributed by atoms with Gasteiger partial charge in [0.1, 0.15) is 5.60 Å². The Morgan fingerprint density at radius 3 is 2.18 bits per heavy atom. The fourth-order valence-electron chi connectivity index (χ4n) is 2.01. The molecule has 22 heavy (non-hydrogen) atoms. The quantitative estimate of drug-likeness (QED) is 0.416. The summed E-state index contributed by atoms with van der Waals surface area (Å²) >= 11 is 0. The van der Waals surface area contributed by atoms with Crippen molar-refractivity contribution >= 4 is 11.9 Å². The molecule has 0 amide bonds. The van der Waals surface area contributed by atoms with Crippen LogP contribution in [0.1, 0.15) is 78.6 Å². The van der Waals surface area contributed by atoms with Crippen LogP contribution in [-0.4, -0.2) is 35.9 Å². The zero-order chi connectivity index (χ0) is 16.8. The molecule has 0 aromatic heterocycles. The molecule has 0 fully saturated rings. The van der Waals surface area contributed by atoms with Gasteiger partial charge >= 0.3 is 11.9 Å². The lowest BCUT2D eigenvalue weighted by atomic mass is 10.0. The van der Waals surface area contributed by atoms with Crippen LogP contribution in [-0.2, 0) is 19.1 Å². The highest BCUT2D eigenvalue weighted by Crippen LogP contribution is 2.19. The molecule has 0 saturated carbocycles. The van der Waals surface area contributed by atoms with Crippen LogP contribution in [0.5, 0.6) is 0 Å². The van der Waals surface area contributed by atoms with Gasteiger partial charge in [-0.2, -0.15) is 0 Å². The van der Waals surface area contributed by atoms with Gasteiger partial charge in [-0.05, 0) is 52.4 Å². The van der Waals surface area contributed by atoms with Gasteiger partial charge in [-0.15, -0.1) is 0 Å². The van der Waals surface area contributed by atoms with Crippen LogP contribution >= 0.6 is 0 Å². The van der Waals surface area contributed by atoms with Crippen LogP contribution in [0.2, 0.25) is 0 Å². The minimum Gasteiger partial charge on any atom is -0.466 e. The molecule has 0 aromatic carbocycles. The van der Waals surface area contributed by atoms with Crippen molar-refractivity contribution in [3.05, 3.63) is 0 Å². The van der Waals surface area contributed by atoms with Crippen molar-refractivity contribution < 1.29 is 24.2 Å². The Balaban J connectivity index is 3.70. The second-order valence-electron chi connectivity index (χ2n) is 6.20. The molecule has 0 aliphatic carbocycles. The van der Waals surface area contributed by atoms with Crippen LogP contribution < -0.4 is 0 Å². The van der Waals surface area contributed by atoms with Crippen molar-refractivity contribution in [3.63, 3.8) is 0 Å². The normalized spacial score (nSPS) is 11.3. The van der Waals surface area contributed by atoms with E-state index in [1.807, 2.05) is 20.8 Å². The molecule has 0 bridgehead atoms. The van der Waals surface area contributed by atoms with Crippen molar-refractivity contribution in [2.24, 2.45) is 0 Å². The SMILES string of the molecule is CCCCOC(=O)CCCCC(=O)OC(C)(C)CCCCO. The molecular formula is C17H32O5. The average Bonchev–Trinajstić information content (AvgIpc) is 2.43. The van der Waals surface area contributed by atoms with E-state index in [1.54, 1.807) is 0 Å². The fraction of sp³-hybridized carbons (Fsp3) is 0.882. The number of hydrogen-bond acceptors (Lipinski definition) is 5. The van der Waals surface area contributed by atoms with Crippen LogP contribution in [0, 0.1) is 0 Å². The van der Waals surface area contributed by atoms with Gasteiger partial charge in [-0.1, -0.05) is 13.3 Å². The first-order chi connectivity index (χ1) is 10.4. The largest absolute Gasteiger partial charge is 0.466 e. The third kappa shape index (κ3) is 12.6. The molecule has 0 aromatic rings. The number of ether oxygens (including phenoxy) is 2. The monoisotopic (exact) mass is 316 g/mol. The predicted molar refractivity (Wildman–Crippen MR) is 85.4 cm³/mol. The number of carbonyl (C=O) groups is 2. The molecule has 1 N–H and O–H groups in total. The number of rotatable bonds is 13. The van der Waals surface area contributed by atoms with Crippen LogP contribution in [0.25, 0.3) is 0 Å². The number of esters is 2. The van der Waals surface area contributed by atoms with E-state index in [2.05, 4.69) is 0 Å². The van der Waals surface area contributed by atoms with Crippen LogP contribution in [0.4, 0.5) is 0 Å². The van der Waals surface area contributed by atoms with E-state index >= 15 is 0 Å². The summed E-state index contributed by atoms with van der Waals surface area (Å²) in [5.74, 6) is -0.417. The average molecular weight is 316 g/mol. The topological polar surface area (TPSA) is 72.8 Å². The highest BCUT2D eigenvalue weighted by molar-refractivity contribution is 5.70. The Hall–Kier alpha value is -1.10. The number of carbonyl (C=O) groups excluding carboxylic acids is 2. The summed E-state index contributed by atoms with van der Waals surface area (Å²) in [6.07, 6.45) is 6.16. The molecule has 130 valence electrons. The van der Waals surface area contributed by atoms with E-state index in [-0.39, 0.29) is 18.5 Å². The van der Waals surface area contributed by atoms with Gasteiger partial charge in [0.05, 0.1) is 6.61 Å². The standard InChI is InChI=1S/C17H32O5/c1-4-5-14-21-15(19)10-6-7-11-16(20)22-17(2,3)12-8-9-13-18/h18H,4-14H2,1-3H3. The second-order valence-corrected chi connectivity index (χ2v) is 6.20. The lowest BCUT2D eigenvalue weighted by Crippen LogP contribution is -2.28. The zero-order valence-electron chi connectivity index (χ0n) is 14.4. The number of aliphatic hydroxyl groups is 1.